The van der Waals surface area contributed by atoms with E-state index in [0.29, 0.717) is 0 Å². The van der Waals surface area contributed by atoms with Crippen LogP contribution in [-0.2, 0) is 5.41 Å². The van der Waals surface area contributed by atoms with Gasteiger partial charge in [0.15, 0.2) is 0 Å². The predicted octanol–water partition coefficient (Wildman–Crippen LogP) is 14.2. The third kappa shape index (κ3) is 5.24. The monoisotopic (exact) mass is 667 g/mol. The summed E-state index contributed by atoms with van der Waals surface area (Å²) in [5, 5.41) is 2.55. The van der Waals surface area contributed by atoms with E-state index >= 15 is 0 Å². The molecule has 52 heavy (non-hydrogen) atoms. The number of fused-ring (bicyclic) bond motifs is 4. The SMILES string of the molecule is Cc1cc(-c2ccccc2)c2c(-c3ccc(N(c4ccc5c(c4)C(C)(C)c4cccc(C)c4-5)c4ccccc4-c4ccccc4)cc3)cccc2c1. The number of hydrogen-bond donors (Lipinski definition) is 0. The Kier molecular flexibility index (Phi) is 7.67. The number of aryl methyl sites for hydroxylation is 2. The van der Waals surface area contributed by atoms with Gasteiger partial charge < -0.3 is 4.90 Å². The van der Waals surface area contributed by atoms with Crippen LogP contribution >= 0.6 is 0 Å². The van der Waals surface area contributed by atoms with Crippen molar-refractivity contribution in [2.75, 3.05) is 4.90 Å². The summed E-state index contributed by atoms with van der Waals surface area (Å²) in [6, 6.07) is 64.7. The average Bonchev–Trinajstić information content (AvgIpc) is 3.42. The largest absolute Gasteiger partial charge is 0.310 e. The molecule has 0 N–H and O–H groups in total. The van der Waals surface area contributed by atoms with E-state index in [1.54, 1.807) is 0 Å². The Balaban J connectivity index is 1.22. The second-order valence-electron chi connectivity index (χ2n) is 14.7. The molecule has 1 nitrogen and oxygen atoms in total. The van der Waals surface area contributed by atoms with E-state index in [0.717, 1.165) is 17.1 Å². The minimum Gasteiger partial charge on any atom is -0.310 e. The van der Waals surface area contributed by atoms with Crippen LogP contribution in [0.15, 0.2) is 176 Å². The molecule has 8 aromatic rings. The number of hydrogen-bond acceptors (Lipinski definition) is 1. The summed E-state index contributed by atoms with van der Waals surface area (Å²) in [4.78, 5) is 2.44. The molecule has 0 bridgehead atoms. The maximum Gasteiger partial charge on any atom is 0.0540 e. The Morgan fingerprint density at radius 3 is 1.79 bits per heavy atom. The molecule has 1 aliphatic rings. The van der Waals surface area contributed by atoms with Gasteiger partial charge in [0.1, 0.15) is 0 Å². The highest BCUT2D eigenvalue weighted by Crippen LogP contribution is 2.52. The summed E-state index contributed by atoms with van der Waals surface area (Å²) in [6.45, 7) is 9.16. The van der Waals surface area contributed by atoms with Crippen molar-refractivity contribution < 1.29 is 0 Å². The number of benzene rings is 8. The molecule has 0 saturated heterocycles. The van der Waals surface area contributed by atoms with Crippen LogP contribution in [0.25, 0.3) is 55.3 Å². The van der Waals surface area contributed by atoms with Gasteiger partial charge in [-0.15, -0.1) is 0 Å². The van der Waals surface area contributed by atoms with Crippen molar-refractivity contribution >= 4 is 27.8 Å². The molecule has 0 saturated carbocycles. The van der Waals surface area contributed by atoms with Gasteiger partial charge in [0.2, 0.25) is 0 Å². The summed E-state index contributed by atoms with van der Waals surface area (Å²) < 4.78 is 0. The molecule has 0 aliphatic heterocycles. The molecule has 250 valence electrons. The summed E-state index contributed by atoms with van der Waals surface area (Å²) in [7, 11) is 0. The van der Waals surface area contributed by atoms with E-state index in [1.165, 1.54) is 77.5 Å². The van der Waals surface area contributed by atoms with Crippen LogP contribution in [0.4, 0.5) is 17.1 Å². The van der Waals surface area contributed by atoms with Crippen LogP contribution in [0.3, 0.4) is 0 Å². The molecule has 0 aromatic heterocycles. The van der Waals surface area contributed by atoms with Gasteiger partial charge in [0.05, 0.1) is 5.69 Å². The van der Waals surface area contributed by atoms with Crippen molar-refractivity contribution in [1.29, 1.82) is 0 Å². The van der Waals surface area contributed by atoms with E-state index in [1.807, 2.05) is 0 Å². The highest BCUT2D eigenvalue weighted by molar-refractivity contribution is 6.07. The highest BCUT2D eigenvalue weighted by atomic mass is 15.1. The standard InChI is InChI=1S/C51H41N/c1-34-31-39-20-14-22-43(50(39)45(32-34)37-18-9-6-10-19-37)38-25-27-40(28-26-38)52(48-24-12-11-21-42(48)36-16-7-5-8-17-36)41-29-30-44-47(33-41)51(3,4)46-23-13-15-35(2)49(44)46/h5-33H,1-4H3. The van der Waals surface area contributed by atoms with Crippen LogP contribution in [-0.4, -0.2) is 0 Å². The minimum absolute atomic E-state index is 0.107. The van der Waals surface area contributed by atoms with Crippen LogP contribution < -0.4 is 4.90 Å². The lowest BCUT2D eigenvalue weighted by molar-refractivity contribution is 0.660. The van der Waals surface area contributed by atoms with Gasteiger partial charge in [-0.05, 0) is 116 Å². The van der Waals surface area contributed by atoms with Crippen LogP contribution in [0.5, 0.6) is 0 Å². The second kappa shape index (κ2) is 12.5. The zero-order valence-corrected chi connectivity index (χ0v) is 30.2. The molecule has 9 rings (SSSR count). The third-order valence-corrected chi connectivity index (χ3v) is 11.0. The van der Waals surface area contributed by atoms with Crippen LogP contribution in [0.1, 0.15) is 36.1 Å². The molecule has 0 spiro atoms. The van der Waals surface area contributed by atoms with Gasteiger partial charge in [-0.3, -0.25) is 0 Å². The maximum absolute atomic E-state index is 2.44. The Labute approximate surface area is 307 Å². The van der Waals surface area contributed by atoms with Crippen molar-refractivity contribution in [3.8, 4) is 44.5 Å². The average molecular weight is 668 g/mol. The molecule has 0 fully saturated rings. The zero-order chi connectivity index (χ0) is 35.4. The fourth-order valence-electron chi connectivity index (χ4n) is 8.51. The molecule has 8 aromatic carbocycles. The van der Waals surface area contributed by atoms with Crippen LogP contribution in [0.2, 0.25) is 0 Å². The topological polar surface area (TPSA) is 3.24 Å². The van der Waals surface area contributed by atoms with Crippen molar-refractivity contribution in [1.82, 2.24) is 0 Å². The minimum atomic E-state index is -0.107. The van der Waals surface area contributed by atoms with Crippen molar-refractivity contribution in [3.05, 3.63) is 198 Å². The first-order chi connectivity index (χ1) is 25.4. The normalized spacial score (nSPS) is 12.8. The van der Waals surface area contributed by atoms with E-state index in [4.69, 9.17) is 0 Å². The highest BCUT2D eigenvalue weighted by Gasteiger charge is 2.36. The lowest BCUT2D eigenvalue weighted by Gasteiger charge is -2.30. The smallest absolute Gasteiger partial charge is 0.0540 e. The van der Waals surface area contributed by atoms with Crippen LogP contribution in [0, 0.1) is 13.8 Å². The number of nitrogens with zero attached hydrogens (tertiary/aromatic N) is 1. The molecular formula is C51H41N. The van der Waals surface area contributed by atoms with E-state index < -0.39 is 0 Å². The predicted molar refractivity (Wildman–Crippen MR) is 222 cm³/mol. The maximum atomic E-state index is 2.44. The summed E-state index contributed by atoms with van der Waals surface area (Å²) >= 11 is 0. The number of rotatable bonds is 6. The Hall–Kier alpha value is -6.18. The van der Waals surface area contributed by atoms with E-state index in [9.17, 15) is 0 Å². The van der Waals surface area contributed by atoms with Gasteiger partial charge in [0, 0.05) is 22.4 Å². The Morgan fingerprint density at radius 2 is 1.04 bits per heavy atom. The quantitative estimate of drug-likeness (QED) is 0.171. The molecule has 0 amide bonds. The van der Waals surface area contributed by atoms with Crippen molar-refractivity contribution in [2.45, 2.75) is 33.1 Å². The summed E-state index contributed by atoms with van der Waals surface area (Å²) in [5.74, 6) is 0. The fourth-order valence-corrected chi connectivity index (χ4v) is 8.51. The first kappa shape index (κ1) is 31.8. The van der Waals surface area contributed by atoms with Crippen molar-refractivity contribution in [2.24, 2.45) is 0 Å². The fraction of sp³-hybridized carbons (Fsp3) is 0.0980. The van der Waals surface area contributed by atoms with Gasteiger partial charge >= 0.3 is 0 Å². The lowest BCUT2D eigenvalue weighted by atomic mass is 9.82. The lowest BCUT2D eigenvalue weighted by Crippen LogP contribution is -2.17. The molecule has 0 heterocycles. The molecule has 1 aliphatic carbocycles. The molecule has 0 atom stereocenters. The molecule has 0 unspecified atom stereocenters. The molecule has 0 radical (unpaired) electrons. The molecular weight excluding hydrogens is 627 g/mol. The zero-order valence-electron chi connectivity index (χ0n) is 30.2. The first-order valence-electron chi connectivity index (χ1n) is 18.3. The Bertz CT molecular complexity index is 2600. The van der Waals surface area contributed by atoms with Gasteiger partial charge in [-0.2, -0.15) is 0 Å². The molecule has 1 heteroatoms. The second-order valence-corrected chi connectivity index (χ2v) is 14.7. The van der Waals surface area contributed by atoms with E-state index in [2.05, 4.69) is 209 Å². The van der Waals surface area contributed by atoms with Gasteiger partial charge in [-0.1, -0.05) is 159 Å². The summed E-state index contributed by atoms with van der Waals surface area (Å²) in [5.41, 5.74) is 18.8. The Morgan fingerprint density at radius 1 is 0.423 bits per heavy atom. The number of anilines is 3. The van der Waals surface area contributed by atoms with Gasteiger partial charge in [-0.25, -0.2) is 0 Å². The first-order valence-corrected chi connectivity index (χ1v) is 18.3. The third-order valence-electron chi connectivity index (χ3n) is 11.0. The number of para-hydroxylation sites is 1. The summed E-state index contributed by atoms with van der Waals surface area (Å²) in [6.07, 6.45) is 0. The van der Waals surface area contributed by atoms with E-state index in [-0.39, 0.29) is 5.41 Å². The van der Waals surface area contributed by atoms with Crippen molar-refractivity contribution in [3.63, 3.8) is 0 Å². The van der Waals surface area contributed by atoms with Gasteiger partial charge in [0.25, 0.3) is 0 Å².